The summed E-state index contributed by atoms with van der Waals surface area (Å²) in [4.78, 5) is 13.6. The average molecular weight is 230 g/mol. The first-order valence-corrected chi connectivity index (χ1v) is 5.94. The number of hydrogen-bond donors (Lipinski definition) is 1. The first-order chi connectivity index (χ1) is 8.08. The molecule has 0 unspecified atom stereocenters. The number of carbonyl (C=O) groups excluding carboxylic acids is 1. The van der Waals surface area contributed by atoms with Crippen LogP contribution < -0.4 is 10.2 Å². The summed E-state index contributed by atoms with van der Waals surface area (Å²) in [6.07, 6.45) is 0.803. The van der Waals surface area contributed by atoms with Crippen molar-refractivity contribution in [3.8, 4) is 0 Å². The van der Waals surface area contributed by atoms with Gasteiger partial charge >= 0.3 is 6.03 Å². The molecule has 0 bridgehead atoms. The van der Waals surface area contributed by atoms with Crippen molar-refractivity contribution in [3.05, 3.63) is 42.1 Å². The van der Waals surface area contributed by atoms with Crippen LogP contribution >= 0.6 is 0 Å². The molecule has 1 aromatic carbocycles. The minimum atomic E-state index is -0.0813. The fourth-order valence-electron chi connectivity index (χ4n) is 1.93. The molecule has 3 nitrogen and oxygen atoms in total. The van der Waals surface area contributed by atoms with Gasteiger partial charge in [0.15, 0.2) is 0 Å². The highest BCUT2D eigenvalue weighted by molar-refractivity contribution is 5.94. The van der Waals surface area contributed by atoms with Gasteiger partial charge in [0.05, 0.1) is 0 Å². The van der Waals surface area contributed by atoms with E-state index in [1.807, 2.05) is 12.1 Å². The van der Waals surface area contributed by atoms with Crippen LogP contribution in [0.3, 0.4) is 0 Å². The third-order valence-corrected chi connectivity index (χ3v) is 3.01. The highest BCUT2D eigenvalue weighted by atomic mass is 16.2. The van der Waals surface area contributed by atoms with Gasteiger partial charge in [-0.3, -0.25) is 4.90 Å². The molecule has 1 heterocycles. The number of nitrogens with zero attached hydrogens (tertiary/aromatic N) is 1. The number of nitrogens with one attached hydrogen (secondary N) is 1. The van der Waals surface area contributed by atoms with E-state index >= 15 is 0 Å². The standard InChI is InChI=1S/C14H18N2O/c1-10(2)12-5-4-6-13(9-12)16-8-7-11(3)15-14(16)17/h4-6,9-10H,3,7-8H2,1-2H3,(H,15,17). The van der Waals surface area contributed by atoms with Crippen molar-refractivity contribution < 1.29 is 4.79 Å². The molecule has 2 rings (SSSR count). The quantitative estimate of drug-likeness (QED) is 0.831. The van der Waals surface area contributed by atoms with Crippen molar-refractivity contribution in [2.24, 2.45) is 0 Å². The Morgan fingerprint density at radius 1 is 1.41 bits per heavy atom. The van der Waals surface area contributed by atoms with Crippen LogP contribution in [-0.4, -0.2) is 12.6 Å². The van der Waals surface area contributed by atoms with E-state index in [2.05, 4.69) is 37.9 Å². The lowest BCUT2D eigenvalue weighted by molar-refractivity contribution is 0.246. The molecule has 1 fully saturated rings. The number of anilines is 1. The van der Waals surface area contributed by atoms with E-state index in [0.717, 1.165) is 17.8 Å². The van der Waals surface area contributed by atoms with Crippen LogP contribution in [0, 0.1) is 0 Å². The smallest absolute Gasteiger partial charge is 0.312 e. The van der Waals surface area contributed by atoms with Crippen molar-refractivity contribution in [2.75, 3.05) is 11.4 Å². The molecule has 1 aliphatic rings. The van der Waals surface area contributed by atoms with Crippen LogP contribution in [0.5, 0.6) is 0 Å². The van der Waals surface area contributed by atoms with E-state index in [-0.39, 0.29) is 6.03 Å². The summed E-state index contributed by atoms with van der Waals surface area (Å²) in [5.41, 5.74) is 3.01. The number of amides is 2. The molecule has 0 atom stereocenters. The molecule has 3 heteroatoms. The van der Waals surface area contributed by atoms with Gasteiger partial charge in [-0.1, -0.05) is 32.6 Å². The number of benzene rings is 1. The lowest BCUT2D eigenvalue weighted by atomic mass is 10.0. The fraction of sp³-hybridized carbons (Fsp3) is 0.357. The molecule has 90 valence electrons. The average Bonchev–Trinajstić information content (AvgIpc) is 2.29. The first kappa shape index (κ1) is 11.7. The number of urea groups is 1. The fourth-order valence-corrected chi connectivity index (χ4v) is 1.93. The number of carbonyl (C=O) groups is 1. The lowest BCUT2D eigenvalue weighted by Gasteiger charge is -2.29. The van der Waals surface area contributed by atoms with Gasteiger partial charge in [0.25, 0.3) is 0 Å². The van der Waals surface area contributed by atoms with Gasteiger partial charge < -0.3 is 5.32 Å². The van der Waals surface area contributed by atoms with Crippen molar-refractivity contribution in [3.63, 3.8) is 0 Å². The summed E-state index contributed by atoms with van der Waals surface area (Å²) in [7, 11) is 0. The van der Waals surface area contributed by atoms with Crippen LogP contribution in [0.4, 0.5) is 10.5 Å². The maximum Gasteiger partial charge on any atom is 0.326 e. The first-order valence-electron chi connectivity index (χ1n) is 5.94. The topological polar surface area (TPSA) is 32.3 Å². The number of hydrogen-bond acceptors (Lipinski definition) is 1. The zero-order valence-electron chi connectivity index (χ0n) is 10.4. The van der Waals surface area contributed by atoms with E-state index in [1.54, 1.807) is 4.90 Å². The Kier molecular flexibility index (Phi) is 3.18. The number of rotatable bonds is 2. The third kappa shape index (κ3) is 2.49. The zero-order valence-corrected chi connectivity index (χ0v) is 10.4. The maximum atomic E-state index is 11.8. The van der Waals surface area contributed by atoms with Gasteiger partial charge in [0, 0.05) is 24.4 Å². The molecule has 0 radical (unpaired) electrons. The summed E-state index contributed by atoms with van der Waals surface area (Å²) < 4.78 is 0. The van der Waals surface area contributed by atoms with Gasteiger partial charge in [-0.2, -0.15) is 0 Å². The minimum absolute atomic E-state index is 0.0813. The summed E-state index contributed by atoms with van der Waals surface area (Å²) >= 11 is 0. The zero-order chi connectivity index (χ0) is 12.4. The second-order valence-electron chi connectivity index (χ2n) is 4.69. The van der Waals surface area contributed by atoms with Crippen molar-refractivity contribution >= 4 is 11.7 Å². The van der Waals surface area contributed by atoms with Crippen LogP contribution in [0.2, 0.25) is 0 Å². The Balaban J connectivity index is 2.25. The summed E-state index contributed by atoms with van der Waals surface area (Å²) in [6, 6.07) is 8.07. The van der Waals surface area contributed by atoms with Crippen LogP contribution in [0.25, 0.3) is 0 Å². The lowest BCUT2D eigenvalue weighted by Crippen LogP contribution is -2.45. The minimum Gasteiger partial charge on any atom is -0.312 e. The third-order valence-electron chi connectivity index (χ3n) is 3.01. The molecular formula is C14H18N2O. The monoisotopic (exact) mass is 230 g/mol. The Bertz CT molecular complexity index is 451. The Hall–Kier alpha value is -1.77. The van der Waals surface area contributed by atoms with E-state index in [9.17, 15) is 4.79 Å². The second kappa shape index (κ2) is 4.62. The molecular weight excluding hydrogens is 212 g/mol. The summed E-state index contributed by atoms with van der Waals surface area (Å²) in [5, 5.41) is 2.77. The molecule has 0 saturated carbocycles. The SMILES string of the molecule is C=C1CCN(c2cccc(C(C)C)c2)C(=O)N1. The molecule has 17 heavy (non-hydrogen) atoms. The van der Waals surface area contributed by atoms with Crippen molar-refractivity contribution in [1.29, 1.82) is 0 Å². The Morgan fingerprint density at radius 3 is 2.82 bits per heavy atom. The predicted octanol–water partition coefficient (Wildman–Crippen LogP) is 3.24. The molecule has 0 spiro atoms. The Labute approximate surface area is 102 Å². The van der Waals surface area contributed by atoms with Crippen molar-refractivity contribution in [1.82, 2.24) is 5.32 Å². The summed E-state index contributed by atoms with van der Waals surface area (Å²) in [6.45, 7) is 8.78. The van der Waals surface area contributed by atoms with Crippen LogP contribution in [-0.2, 0) is 0 Å². The molecule has 0 aromatic heterocycles. The van der Waals surface area contributed by atoms with Crippen LogP contribution in [0.15, 0.2) is 36.5 Å². The largest absolute Gasteiger partial charge is 0.326 e. The van der Waals surface area contributed by atoms with Gasteiger partial charge in [0.1, 0.15) is 0 Å². The molecule has 1 aromatic rings. The highest BCUT2D eigenvalue weighted by Gasteiger charge is 2.21. The highest BCUT2D eigenvalue weighted by Crippen LogP contribution is 2.23. The molecule has 2 amide bonds. The van der Waals surface area contributed by atoms with E-state index in [0.29, 0.717) is 12.5 Å². The molecule has 1 N–H and O–H groups in total. The van der Waals surface area contributed by atoms with Crippen LogP contribution in [0.1, 0.15) is 31.7 Å². The van der Waals surface area contributed by atoms with Gasteiger partial charge in [-0.25, -0.2) is 4.79 Å². The van der Waals surface area contributed by atoms with E-state index < -0.39 is 0 Å². The molecule has 1 aliphatic heterocycles. The Morgan fingerprint density at radius 2 is 2.18 bits per heavy atom. The second-order valence-corrected chi connectivity index (χ2v) is 4.69. The molecule has 0 aliphatic carbocycles. The molecule has 1 saturated heterocycles. The van der Waals surface area contributed by atoms with Gasteiger partial charge in [-0.15, -0.1) is 0 Å². The summed E-state index contributed by atoms with van der Waals surface area (Å²) in [5.74, 6) is 0.470. The van der Waals surface area contributed by atoms with Gasteiger partial charge in [-0.05, 0) is 23.6 Å². The van der Waals surface area contributed by atoms with E-state index in [4.69, 9.17) is 0 Å². The maximum absolute atomic E-state index is 11.8. The van der Waals surface area contributed by atoms with E-state index in [1.165, 1.54) is 5.56 Å². The van der Waals surface area contributed by atoms with Gasteiger partial charge in [0.2, 0.25) is 0 Å². The van der Waals surface area contributed by atoms with Crippen molar-refractivity contribution in [2.45, 2.75) is 26.2 Å². The predicted molar refractivity (Wildman–Crippen MR) is 70.2 cm³/mol. The normalized spacial score (nSPS) is 16.3.